The SMILES string of the molecule is CS(=O)c1ccc(CC(=O)ON2C(=O)c3ccccc3C2=O)cc1. The highest BCUT2D eigenvalue weighted by atomic mass is 32.2. The Morgan fingerprint density at radius 1 is 1.00 bits per heavy atom. The molecule has 2 aromatic rings. The first-order valence-electron chi connectivity index (χ1n) is 7.08. The molecule has 0 fully saturated rings. The molecular weight excluding hydrogens is 330 g/mol. The van der Waals surface area contributed by atoms with Gasteiger partial charge in [0.15, 0.2) is 0 Å². The van der Waals surface area contributed by atoms with Gasteiger partial charge in [0.2, 0.25) is 0 Å². The molecule has 1 aliphatic rings. The van der Waals surface area contributed by atoms with Crippen LogP contribution >= 0.6 is 0 Å². The van der Waals surface area contributed by atoms with Gasteiger partial charge in [-0.25, -0.2) is 4.79 Å². The van der Waals surface area contributed by atoms with Crippen LogP contribution in [0.1, 0.15) is 26.3 Å². The molecular formula is C17H13NO5S. The second-order valence-electron chi connectivity index (χ2n) is 5.19. The molecule has 1 heterocycles. The summed E-state index contributed by atoms with van der Waals surface area (Å²) in [5.74, 6) is -2.03. The van der Waals surface area contributed by atoms with E-state index in [-0.39, 0.29) is 17.5 Å². The van der Waals surface area contributed by atoms with Gasteiger partial charge in [-0.1, -0.05) is 29.3 Å². The largest absolute Gasteiger partial charge is 0.337 e. The van der Waals surface area contributed by atoms with E-state index in [2.05, 4.69) is 0 Å². The molecule has 7 heteroatoms. The molecule has 0 saturated carbocycles. The number of nitrogens with zero attached hydrogens (tertiary/aromatic N) is 1. The Balaban J connectivity index is 1.69. The minimum Gasteiger partial charge on any atom is -0.329 e. The fraction of sp³-hybridized carbons (Fsp3) is 0.118. The highest BCUT2D eigenvalue weighted by Crippen LogP contribution is 2.23. The normalized spacial score (nSPS) is 14.5. The minimum absolute atomic E-state index is 0.107. The predicted molar refractivity (Wildman–Crippen MR) is 85.5 cm³/mol. The lowest BCUT2D eigenvalue weighted by molar-refractivity contribution is -0.167. The zero-order valence-electron chi connectivity index (χ0n) is 12.7. The van der Waals surface area contributed by atoms with Crippen molar-refractivity contribution in [2.24, 2.45) is 0 Å². The monoisotopic (exact) mass is 343 g/mol. The van der Waals surface area contributed by atoms with Crippen LogP contribution in [0.15, 0.2) is 53.4 Å². The number of fused-ring (bicyclic) bond motifs is 1. The summed E-state index contributed by atoms with van der Waals surface area (Å²) >= 11 is 0. The zero-order valence-corrected chi connectivity index (χ0v) is 13.5. The van der Waals surface area contributed by atoms with Crippen LogP contribution in [-0.4, -0.2) is 33.3 Å². The van der Waals surface area contributed by atoms with Crippen LogP contribution in [0.4, 0.5) is 0 Å². The molecule has 2 aromatic carbocycles. The van der Waals surface area contributed by atoms with E-state index in [1.165, 1.54) is 12.1 Å². The van der Waals surface area contributed by atoms with Gasteiger partial charge < -0.3 is 4.84 Å². The first-order chi connectivity index (χ1) is 11.5. The molecule has 0 aliphatic carbocycles. The van der Waals surface area contributed by atoms with Gasteiger partial charge in [0, 0.05) is 22.0 Å². The molecule has 1 aliphatic heterocycles. The van der Waals surface area contributed by atoms with Crippen molar-refractivity contribution in [2.45, 2.75) is 11.3 Å². The van der Waals surface area contributed by atoms with Crippen LogP contribution in [0.25, 0.3) is 0 Å². The van der Waals surface area contributed by atoms with E-state index in [0.717, 1.165) is 0 Å². The summed E-state index contributed by atoms with van der Waals surface area (Å²) in [6.07, 6.45) is 1.45. The van der Waals surface area contributed by atoms with E-state index in [1.807, 2.05) is 0 Å². The van der Waals surface area contributed by atoms with E-state index >= 15 is 0 Å². The Morgan fingerprint density at radius 2 is 1.54 bits per heavy atom. The fourth-order valence-electron chi connectivity index (χ4n) is 2.35. The molecule has 2 amide bonds. The van der Waals surface area contributed by atoms with Crippen molar-refractivity contribution in [3.8, 4) is 0 Å². The highest BCUT2D eigenvalue weighted by molar-refractivity contribution is 7.84. The number of hydrogen-bond donors (Lipinski definition) is 0. The second kappa shape index (κ2) is 6.37. The van der Waals surface area contributed by atoms with Gasteiger partial charge in [0.1, 0.15) is 0 Å². The van der Waals surface area contributed by atoms with Crippen LogP contribution < -0.4 is 0 Å². The predicted octanol–water partition coefficient (Wildman–Crippen LogP) is 1.72. The van der Waals surface area contributed by atoms with Crippen LogP contribution in [0.2, 0.25) is 0 Å². The number of rotatable bonds is 4. The van der Waals surface area contributed by atoms with E-state index in [0.29, 0.717) is 15.5 Å². The summed E-state index contributed by atoms with van der Waals surface area (Å²) in [7, 11) is -1.10. The lowest BCUT2D eigenvalue weighted by Gasteiger charge is -2.12. The Labute approximate surface area is 140 Å². The van der Waals surface area contributed by atoms with Gasteiger partial charge in [0.25, 0.3) is 11.8 Å². The second-order valence-corrected chi connectivity index (χ2v) is 6.57. The fourth-order valence-corrected chi connectivity index (χ4v) is 2.87. The van der Waals surface area contributed by atoms with Gasteiger partial charge in [-0.3, -0.25) is 13.8 Å². The van der Waals surface area contributed by atoms with E-state index in [9.17, 15) is 18.6 Å². The van der Waals surface area contributed by atoms with Crippen LogP contribution in [0, 0.1) is 0 Å². The third-order valence-corrected chi connectivity index (χ3v) is 4.49. The molecule has 1 unspecified atom stereocenters. The average Bonchev–Trinajstić information content (AvgIpc) is 2.81. The van der Waals surface area contributed by atoms with Gasteiger partial charge in [0.05, 0.1) is 17.5 Å². The summed E-state index contributed by atoms with van der Waals surface area (Å²) in [4.78, 5) is 41.8. The van der Waals surface area contributed by atoms with Crippen LogP contribution in [-0.2, 0) is 26.9 Å². The maximum atomic E-state index is 12.1. The minimum atomic E-state index is -1.10. The summed E-state index contributed by atoms with van der Waals surface area (Å²) in [6, 6.07) is 12.9. The quantitative estimate of drug-likeness (QED) is 0.790. The van der Waals surface area contributed by atoms with Crippen molar-refractivity contribution in [2.75, 3.05) is 6.26 Å². The molecule has 0 saturated heterocycles. The van der Waals surface area contributed by atoms with Crippen molar-refractivity contribution >= 4 is 28.6 Å². The lowest BCUT2D eigenvalue weighted by Crippen LogP contribution is -2.33. The van der Waals surface area contributed by atoms with Crippen molar-refractivity contribution in [3.63, 3.8) is 0 Å². The Hall–Kier alpha value is -2.80. The van der Waals surface area contributed by atoms with Crippen LogP contribution in [0.3, 0.4) is 0 Å². The maximum Gasteiger partial charge on any atom is 0.337 e. The number of benzene rings is 2. The standard InChI is InChI=1S/C17H13NO5S/c1-24(22)12-8-6-11(7-9-12)10-15(19)23-18-16(20)13-4-2-3-5-14(13)17(18)21/h2-9H,10H2,1H3. The number of hydroxylamine groups is 2. The summed E-state index contributed by atoms with van der Waals surface area (Å²) < 4.78 is 11.3. The summed E-state index contributed by atoms with van der Waals surface area (Å²) in [6.45, 7) is 0. The maximum absolute atomic E-state index is 12.1. The van der Waals surface area contributed by atoms with Gasteiger partial charge in [-0.15, -0.1) is 0 Å². The molecule has 0 radical (unpaired) electrons. The number of carbonyl (C=O) groups is 3. The Morgan fingerprint density at radius 3 is 2.04 bits per heavy atom. The van der Waals surface area contributed by atoms with Crippen molar-refractivity contribution < 1.29 is 23.4 Å². The summed E-state index contributed by atoms with van der Waals surface area (Å²) in [5, 5.41) is 0.489. The molecule has 0 bridgehead atoms. The van der Waals surface area contributed by atoms with Crippen molar-refractivity contribution in [1.29, 1.82) is 0 Å². The first-order valence-corrected chi connectivity index (χ1v) is 8.64. The lowest BCUT2D eigenvalue weighted by atomic mass is 10.1. The topological polar surface area (TPSA) is 80.8 Å². The van der Waals surface area contributed by atoms with E-state index in [4.69, 9.17) is 4.84 Å². The molecule has 122 valence electrons. The molecule has 0 N–H and O–H groups in total. The van der Waals surface area contributed by atoms with Gasteiger partial charge >= 0.3 is 5.97 Å². The smallest absolute Gasteiger partial charge is 0.329 e. The number of carbonyl (C=O) groups excluding carboxylic acids is 3. The molecule has 0 aromatic heterocycles. The van der Waals surface area contributed by atoms with E-state index < -0.39 is 28.6 Å². The van der Waals surface area contributed by atoms with Crippen molar-refractivity contribution in [3.05, 3.63) is 65.2 Å². The third-order valence-electron chi connectivity index (χ3n) is 3.55. The average molecular weight is 343 g/mol. The Kier molecular flexibility index (Phi) is 4.26. The Bertz CT molecular complexity index is 825. The van der Waals surface area contributed by atoms with Crippen LogP contribution in [0.5, 0.6) is 0 Å². The molecule has 24 heavy (non-hydrogen) atoms. The zero-order chi connectivity index (χ0) is 17.3. The first kappa shape index (κ1) is 16.1. The molecule has 6 nitrogen and oxygen atoms in total. The molecule has 3 rings (SSSR count). The molecule has 1 atom stereocenters. The van der Waals surface area contributed by atoms with E-state index in [1.54, 1.807) is 42.7 Å². The summed E-state index contributed by atoms with van der Waals surface area (Å²) in [5.41, 5.74) is 1.06. The number of amides is 2. The van der Waals surface area contributed by atoms with Gasteiger partial charge in [-0.05, 0) is 29.8 Å². The number of hydrogen-bond acceptors (Lipinski definition) is 5. The van der Waals surface area contributed by atoms with Crippen molar-refractivity contribution in [1.82, 2.24) is 5.06 Å². The molecule has 0 spiro atoms. The number of imide groups is 1. The van der Waals surface area contributed by atoms with Gasteiger partial charge in [-0.2, -0.15) is 0 Å². The highest BCUT2D eigenvalue weighted by Gasteiger charge is 2.38. The third kappa shape index (κ3) is 2.98.